The molecule has 1 N–H and O–H groups in total. The number of piperidine rings is 1. The average molecular weight is 362 g/mol. The van der Waals surface area contributed by atoms with Crippen LogP contribution in [0.3, 0.4) is 0 Å². The van der Waals surface area contributed by atoms with Crippen molar-refractivity contribution in [3.8, 4) is 5.75 Å². The third kappa shape index (κ3) is 4.97. The Morgan fingerprint density at radius 2 is 1.77 bits per heavy atom. The van der Waals surface area contributed by atoms with E-state index in [0.29, 0.717) is 0 Å². The molecule has 1 aliphatic carbocycles. The van der Waals surface area contributed by atoms with E-state index in [4.69, 9.17) is 4.74 Å². The molecule has 0 radical (unpaired) electrons. The Morgan fingerprint density at radius 3 is 2.50 bits per heavy atom. The summed E-state index contributed by atoms with van der Waals surface area (Å²) >= 11 is 0. The van der Waals surface area contributed by atoms with E-state index in [-0.39, 0.29) is 36.0 Å². The standard InChI is InChI=1S/C21H31FN2O2/c22-18-9-3-4-10-19(18)26-16-11-20(25)23-17-21(12-5-1-6-13-21)24-14-7-2-8-15-24/h3-4,9-10H,1-2,5-8,11-17H2,(H,23,25). The van der Waals surface area contributed by atoms with Crippen molar-refractivity contribution in [2.24, 2.45) is 0 Å². The summed E-state index contributed by atoms with van der Waals surface area (Å²) in [6, 6.07) is 6.30. The number of carbonyl (C=O) groups is 1. The molecule has 4 nitrogen and oxygen atoms in total. The fraction of sp³-hybridized carbons (Fsp3) is 0.667. The predicted molar refractivity (Wildman–Crippen MR) is 101 cm³/mol. The van der Waals surface area contributed by atoms with Crippen LogP contribution in [0.25, 0.3) is 0 Å². The van der Waals surface area contributed by atoms with Crippen molar-refractivity contribution in [1.82, 2.24) is 10.2 Å². The van der Waals surface area contributed by atoms with Gasteiger partial charge in [-0.3, -0.25) is 9.69 Å². The SMILES string of the molecule is O=C(CCOc1ccccc1F)NCC1(N2CCCCC2)CCCCC1. The van der Waals surface area contributed by atoms with Crippen LogP contribution in [-0.4, -0.2) is 42.6 Å². The lowest BCUT2D eigenvalue weighted by atomic mass is 9.79. The summed E-state index contributed by atoms with van der Waals surface area (Å²) in [5, 5.41) is 3.14. The van der Waals surface area contributed by atoms with Crippen molar-refractivity contribution >= 4 is 5.91 Å². The molecule has 0 unspecified atom stereocenters. The summed E-state index contributed by atoms with van der Waals surface area (Å²) < 4.78 is 18.9. The highest BCUT2D eigenvalue weighted by Crippen LogP contribution is 2.35. The van der Waals surface area contributed by atoms with Gasteiger partial charge in [-0.2, -0.15) is 0 Å². The van der Waals surface area contributed by atoms with Gasteiger partial charge in [0.15, 0.2) is 11.6 Å². The lowest BCUT2D eigenvalue weighted by molar-refractivity contribution is -0.122. The minimum Gasteiger partial charge on any atom is -0.490 e. The van der Waals surface area contributed by atoms with Crippen LogP contribution < -0.4 is 10.1 Å². The molecule has 1 aromatic carbocycles. The Balaban J connectivity index is 1.47. The average Bonchev–Trinajstić information content (AvgIpc) is 2.69. The van der Waals surface area contributed by atoms with Gasteiger partial charge in [0.2, 0.25) is 5.91 Å². The van der Waals surface area contributed by atoms with Crippen LogP contribution in [-0.2, 0) is 4.79 Å². The molecule has 1 aliphatic heterocycles. The molecular weight excluding hydrogens is 331 g/mol. The van der Waals surface area contributed by atoms with E-state index in [2.05, 4.69) is 10.2 Å². The summed E-state index contributed by atoms with van der Waals surface area (Å²) in [6.07, 6.45) is 10.3. The first kappa shape index (κ1) is 19.2. The predicted octanol–water partition coefficient (Wildman–Crippen LogP) is 3.90. The minimum absolute atomic E-state index is 0.0108. The maximum Gasteiger partial charge on any atom is 0.223 e. The van der Waals surface area contributed by atoms with E-state index in [1.54, 1.807) is 18.2 Å². The number of ether oxygens (including phenoxy) is 1. The first-order chi connectivity index (χ1) is 12.7. The van der Waals surface area contributed by atoms with Gasteiger partial charge in [-0.1, -0.05) is 37.8 Å². The normalized spacial score (nSPS) is 20.5. The van der Waals surface area contributed by atoms with Gasteiger partial charge in [0, 0.05) is 12.1 Å². The smallest absolute Gasteiger partial charge is 0.223 e. The molecule has 0 bridgehead atoms. The van der Waals surface area contributed by atoms with Gasteiger partial charge in [0.25, 0.3) is 0 Å². The first-order valence-corrected chi connectivity index (χ1v) is 10.1. The molecule has 2 aliphatic rings. The van der Waals surface area contributed by atoms with E-state index < -0.39 is 0 Å². The first-order valence-electron chi connectivity index (χ1n) is 10.1. The van der Waals surface area contributed by atoms with E-state index in [1.165, 1.54) is 57.4 Å². The van der Waals surface area contributed by atoms with Crippen LogP contribution in [0.4, 0.5) is 4.39 Å². The van der Waals surface area contributed by atoms with E-state index in [0.717, 1.165) is 19.6 Å². The number of hydrogen-bond acceptors (Lipinski definition) is 3. The number of carbonyl (C=O) groups excluding carboxylic acids is 1. The minimum atomic E-state index is -0.390. The quantitative estimate of drug-likeness (QED) is 0.800. The number of para-hydroxylation sites is 1. The van der Waals surface area contributed by atoms with Crippen molar-refractivity contribution in [2.75, 3.05) is 26.2 Å². The molecular formula is C21H31FN2O2. The highest BCUT2D eigenvalue weighted by atomic mass is 19.1. The number of halogens is 1. The molecule has 1 amide bonds. The molecule has 26 heavy (non-hydrogen) atoms. The molecule has 1 saturated carbocycles. The lowest BCUT2D eigenvalue weighted by Crippen LogP contribution is -2.58. The van der Waals surface area contributed by atoms with Gasteiger partial charge in [-0.15, -0.1) is 0 Å². The van der Waals surface area contributed by atoms with Gasteiger partial charge in [-0.05, 0) is 50.9 Å². The van der Waals surface area contributed by atoms with Crippen LogP contribution >= 0.6 is 0 Å². The molecule has 1 aromatic rings. The number of benzene rings is 1. The molecule has 2 fully saturated rings. The van der Waals surface area contributed by atoms with Crippen LogP contribution in [0, 0.1) is 5.82 Å². The van der Waals surface area contributed by atoms with Crippen molar-refractivity contribution in [2.45, 2.75) is 63.3 Å². The summed E-state index contributed by atoms with van der Waals surface area (Å²) in [5.41, 5.74) is 0.140. The van der Waals surface area contributed by atoms with Gasteiger partial charge in [-0.25, -0.2) is 4.39 Å². The van der Waals surface area contributed by atoms with Crippen LogP contribution in [0.2, 0.25) is 0 Å². The highest BCUT2D eigenvalue weighted by Gasteiger charge is 2.38. The van der Waals surface area contributed by atoms with Gasteiger partial charge in [0.05, 0.1) is 13.0 Å². The topological polar surface area (TPSA) is 41.6 Å². The second-order valence-corrected chi connectivity index (χ2v) is 7.64. The number of nitrogens with one attached hydrogen (secondary N) is 1. The maximum absolute atomic E-state index is 13.5. The Kier molecular flexibility index (Phi) is 6.89. The third-order valence-corrected chi connectivity index (χ3v) is 5.85. The summed E-state index contributed by atoms with van der Waals surface area (Å²) in [4.78, 5) is 14.9. The van der Waals surface area contributed by atoms with Crippen molar-refractivity contribution in [3.05, 3.63) is 30.1 Å². The van der Waals surface area contributed by atoms with Crippen LogP contribution in [0.15, 0.2) is 24.3 Å². The van der Waals surface area contributed by atoms with Crippen LogP contribution in [0.1, 0.15) is 57.8 Å². The van der Waals surface area contributed by atoms with Crippen molar-refractivity contribution < 1.29 is 13.9 Å². The zero-order valence-corrected chi connectivity index (χ0v) is 15.6. The Hall–Kier alpha value is -1.62. The van der Waals surface area contributed by atoms with Crippen molar-refractivity contribution in [3.63, 3.8) is 0 Å². The fourth-order valence-corrected chi connectivity index (χ4v) is 4.35. The second kappa shape index (κ2) is 9.36. The van der Waals surface area contributed by atoms with E-state index in [9.17, 15) is 9.18 Å². The second-order valence-electron chi connectivity index (χ2n) is 7.64. The third-order valence-electron chi connectivity index (χ3n) is 5.85. The zero-order chi connectivity index (χ0) is 18.2. The highest BCUT2D eigenvalue weighted by molar-refractivity contribution is 5.76. The summed E-state index contributed by atoms with van der Waals surface area (Å²) in [6.45, 7) is 3.24. The zero-order valence-electron chi connectivity index (χ0n) is 15.6. The van der Waals surface area contributed by atoms with E-state index >= 15 is 0 Å². The fourth-order valence-electron chi connectivity index (χ4n) is 4.35. The van der Waals surface area contributed by atoms with Gasteiger partial charge in [0.1, 0.15) is 0 Å². The molecule has 0 atom stereocenters. The molecule has 1 heterocycles. The Morgan fingerprint density at radius 1 is 1.08 bits per heavy atom. The molecule has 144 valence electrons. The molecule has 5 heteroatoms. The molecule has 0 aromatic heterocycles. The Labute approximate surface area is 156 Å². The number of hydrogen-bond donors (Lipinski definition) is 1. The van der Waals surface area contributed by atoms with Gasteiger partial charge < -0.3 is 10.1 Å². The van der Waals surface area contributed by atoms with Crippen molar-refractivity contribution in [1.29, 1.82) is 0 Å². The summed E-state index contributed by atoms with van der Waals surface area (Å²) in [5.74, 6) is -0.195. The van der Waals surface area contributed by atoms with Gasteiger partial charge >= 0.3 is 0 Å². The molecule has 1 saturated heterocycles. The Bertz CT molecular complexity index is 581. The number of nitrogens with zero attached hydrogens (tertiary/aromatic N) is 1. The lowest BCUT2D eigenvalue weighted by Gasteiger charge is -2.48. The monoisotopic (exact) mass is 362 g/mol. The summed E-state index contributed by atoms with van der Waals surface area (Å²) in [7, 11) is 0. The largest absolute Gasteiger partial charge is 0.490 e. The maximum atomic E-state index is 13.5. The number of rotatable bonds is 7. The van der Waals surface area contributed by atoms with E-state index in [1.807, 2.05) is 0 Å². The molecule has 3 rings (SSSR count). The number of likely N-dealkylation sites (tertiary alicyclic amines) is 1. The van der Waals surface area contributed by atoms with Crippen LogP contribution in [0.5, 0.6) is 5.75 Å². The number of amides is 1. The molecule has 0 spiro atoms.